The maximum absolute atomic E-state index is 4.66. The Hall–Kier alpha value is -3.67. The van der Waals surface area contributed by atoms with Crippen molar-refractivity contribution < 1.29 is 0 Å². The van der Waals surface area contributed by atoms with Gasteiger partial charge in [-0.1, -0.05) is 36.4 Å². The van der Waals surface area contributed by atoms with Gasteiger partial charge in [0.05, 0.1) is 11.9 Å². The molecule has 0 radical (unpaired) electrons. The largest absolute Gasteiger partial charge is 0.337 e. The molecule has 0 saturated heterocycles. The Bertz CT molecular complexity index is 1000. The van der Waals surface area contributed by atoms with E-state index in [2.05, 4.69) is 30.5 Å². The lowest BCUT2D eigenvalue weighted by molar-refractivity contribution is 0.980. The Morgan fingerprint density at radius 3 is 2.38 bits per heavy atom. The van der Waals surface area contributed by atoms with E-state index >= 15 is 0 Å². The predicted octanol–water partition coefficient (Wildman–Crippen LogP) is 4.05. The van der Waals surface area contributed by atoms with Crippen molar-refractivity contribution in [1.82, 2.24) is 25.1 Å². The Balaban J connectivity index is 1.80. The molecule has 3 heterocycles. The molecule has 3 aromatic heterocycles. The topological polar surface area (TPSA) is 76.5 Å². The lowest BCUT2D eigenvalue weighted by atomic mass is 10.1. The lowest BCUT2D eigenvalue weighted by Crippen LogP contribution is -2.04. The minimum atomic E-state index is 0.466. The zero-order valence-electron chi connectivity index (χ0n) is 14.2. The van der Waals surface area contributed by atoms with Crippen LogP contribution in [0.3, 0.4) is 0 Å². The molecule has 0 atom stereocenters. The van der Waals surface area contributed by atoms with Gasteiger partial charge in [-0.05, 0) is 31.2 Å². The van der Waals surface area contributed by atoms with Crippen molar-refractivity contribution in [3.63, 3.8) is 0 Å². The van der Waals surface area contributed by atoms with Crippen LogP contribution in [0.15, 0.2) is 73.1 Å². The summed E-state index contributed by atoms with van der Waals surface area (Å²) >= 11 is 0. The predicted molar refractivity (Wildman–Crippen MR) is 101 cm³/mol. The first kappa shape index (κ1) is 15.8. The summed E-state index contributed by atoms with van der Waals surface area (Å²) < 4.78 is 0. The molecule has 0 saturated carbocycles. The monoisotopic (exact) mass is 340 g/mol. The van der Waals surface area contributed by atoms with Gasteiger partial charge in [-0.15, -0.1) is 10.2 Å². The molecule has 126 valence electrons. The van der Waals surface area contributed by atoms with Gasteiger partial charge < -0.3 is 5.32 Å². The molecular formula is C20H16N6. The number of nitrogens with zero attached hydrogens (tertiary/aromatic N) is 5. The highest BCUT2D eigenvalue weighted by molar-refractivity contribution is 5.75. The summed E-state index contributed by atoms with van der Waals surface area (Å²) in [6.45, 7) is 1.95. The van der Waals surface area contributed by atoms with Crippen molar-refractivity contribution in [2.24, 2.45) is 0 Å². The van der Waals surface area contributed by atoms with E-state index in [9.17, 15) is 0 Å². The van der Waals surface area contributed by atoms with Gasteiger partial charge >= 0.3 is 0 Å². The molecule has 0 unspecified atom stereocenters. The summed E-state index contributed by atoms with van der Waals surface area (Å²) in [5.41, 5.74) is 4.06. The third kappa shape index (κ3) is 3.39. The molecule has 6 heteroatoms. The molecule has 0 aliphatic rings. The van der Waals surface area contributed by atoms with E-state index in [1.54, 1.807) is 12.4 Å². The van der Waals surface area contributed by atoms with Crippen molar-refractivity contribution in [2.45, 2.75) is 6.92 Å². The van der Waals surface area contributed by atoms with Crippen LogP contribution in [0.4, 0.5) is 11.5 Å². The summed E-state index contributed by atoms with van der Waals surface area (Å²) in [5, 5.41) is 12.0. The van der Waals surface area contributed by atoms with Crippen molar-refractivity contribution in [3.8, 4) is 22.8 Å². The molecule has 4 aromatic rings. The summed E-state index contributed by atoms with van der Waals surface area (Å²) in [6.07, 6.45) is 3.48. The standard InChI is InChI=1S/C20H16N6/c1-14-10-11-16(13-22-14)23-20-18(15-7-3-2-4-8-15)25-26-19(24-20)17-9-5-6-12-21-17/h2-13H,1H3,(H,23,24,26). The summed E-state index contributed by atoms with van der Waals surface area (Å²) in [6, 6.07) is 19.3. The van der Waals surface area contributed by atoms with Gasteiger partial charge in [-0.3, -0.25) is 9.97 Å². The van der Waals surface area contributed by atoms with E-state index in [0.29, 0.717) is 23.0 Å². The highest BCUT2D eigenvalue weighted by Gasteiger charge is 2.13. The van der Waals surface area contributed by atoms with Gasteiger partial charge in [-0.2, -0.15) is 0 Å². The zero-order chi connectivity index (χ0) is 17.8. The Labute approximate surface area is 151 Å². The molecule has 0 bridgehead atoms. The van der Waals surface area contributed by atoms with Crippen LogP contribution in [-0.2, 0) is 0 Å². The molecule has 0 fully saturated rings. The van der Waals surface area contributed by atoms with Crippen LogP contribution in [-0.4, -0.2) is 25.1 Å². The van der Waals surface area contributed by atoms with Crippen LogP contribution >= 0.6 is 0 Å². The van der Waals surface area contributed by atoms with E-state index in [4.69, 9.17) is 0 Å². The highest BCUT2D eigenvalue weighted by atomic mass is 15.2. The minimum Gasteiger partial charge on any atom is -0.337 e. The number of rotatable bonds is 4. The van der Waals surface area contributed by atoms with Crippen LogP contribution in [0.1, 0.15) is 5.69 Å². The van der Waals surface area contributed by atoms with Crippen molar-refractivity contribution in [3.05, 3.63) is 78.8 Å². The molecule has 1 N–H and O–H groups in total. The molecule has 0 aliphatic heterocycles. The van der Waals surface area contributed by atoms with Crippen LogP contribution in [0.2, 0.25) is 0 Å². The van der Waals surface area contributed by atoms with E-state index < -0.39 is 0 Å². The van der Waals surface area contributed by atoms with Crippen LogP contribution in [0.25, 0.3) is 22.8 Å². The second kappa shape index (κ2) is 7.06. The van der Waals surface area contributed by atoms with E-state index in [1.165, 1.54) is 0 Å². The first-order chi connectivity index (χ1) is 12.8. The third-order valence-electron chi connectivity index (χ3n) is 3.80. The van der Waals surface area contributed by atoms with Gasteiger partial charge in [-0.25, -0.2) is 4.98 Å². The van der Waals surface area contributed by atoms with Crippen molar-refractivity contribution in [1.29, 1.82) is 0 Å². The second-order valence-electron chi connectivity index (χ2n) is 5.73. The summed E-state index contributed by atoms with van der Waals surface area (Å²) in [7, 11) is 0. The molecule has 26 heavy (non-hydrogen) atoms. The van der Waals surface area contributed by atoms with Crippen molar-refractivity contribution >= 4 is 11.5 Å². The fourth-order valence-electron chi connectivity index (χ4n) is 2.49. The van der Waals surface area contributed by atoms with Crippen molar-refractivity contribution in [2.75, 3.05) is 5.32 Å². The molecule has 0 aliphatic carbocycles. The zero-order valence-corrected chi connectivity index (χ0v) is 14.2. The summed E-state index contributed by atoms with van der Waals surface area (Å²) in [5.74, 6) is 1.07. The number of hydrogen-bond donors (Lipinski definition) is 1. The number of aromatic nitrogens is 5. The number of pyridine rings is 2. The SMILES string of the molecule is Cc1ccc(Nc2nc(-c3ccccn3)nnc2-c2ccccc2)cn1. The van der Waals surface area contributed by atoms with E-state index in [-0.39, 0.29) is 0 Å². The summed E-state index contributed by atoms with van der Waals surface area (Å²) in [4.78, 5) is 13.3. The molecule has 1 aromatic carbocycles. The van der Waals surface area contributed by atoms with Gasteiger partial charge in [0, 0.05) is 17.5 Å². The number of aryl methyl sites for hydroxylation is 1. The Kier molecular flexibility index (Phi) is 4.30. The Morgan fingerprint density at radius 2 is 1.65 bits per heavy atom. The molecule has 6 nitrogen and oxygen atoms in total. The Morgan fingerprint density at radius 1 is 0.808 bits per heavy atom. The lowest BCUT2D eigenvalue weighted by Gasteiger charge is -2.11. The van der Waals surface area contributed by atoms with Gasteiger partial charge in [0.1, 0.15) is 11.4 Å². The molecule has 4 rings (SSSR count). The van der Waals surface area contributed by atoms with Crippen LogP contribution in [0.5, 0.6) is 0 Å². The van der Waals surface area contributed by atoms with Crippen LogP contribution in [0, 0.1) is 6.92 Å². The van der Waals surface area contributed by atoms with E-state index in [0.717, 1.165) is 16.9 Å². The average Bonchev–Trinajstić information content (AvgIpc) is 2.71. The fraction of sp³-hybridized carbons (Fsp3) is 0.0500. The maximum Gasteiger partial charge on any atom is 0.202 e. The van der Waals surface area contributed by atoms with Gasteiger partial charge in [0.2, 0.25) is 5.82 Å². The quantitative estimate of drug-likeness (QED) is 0.604. The molecule has 0 amide bonds. The number of nitrogens with one attached hydrogen (secondary N) is 1. The van der Waals surface area contributed by atoms with E-state index in [1.807, 2.05) is 67.6 Å². The second-order valence-corrected chi connectivity index (χ2v) is 5.73. The molecular weight excluding hydrogens is 324 g/mol. The van der Waals surface area contributed by atoms with Crippen LogP contribution < -0.4 is 5.32 Å². The molecule has 0 spiro atoms. The average molecular weight is 340 g/mol. The maximum atomic E-state index is 4.66. The number of benzene rings is 1. The fourth-order valence-corrected chi connectivity index (χ4v) is 2.49. The third-order valence-corrected chi connectivity index (χ3v) is 3.80. The first-order valence-electron chi connectivity index (χ1n) is 8.21. The normalized spacial score (nSPS) is 10.5. The van der Waals surface area contributed by atoms with Gasteiger partial charge in [0.25, 0.3) is 0 Å². The van der Waals surface area contributed by atoms with Gasteiger partial charge in [0.15, 0.2) is 5.82 Å². The number of hydrogen-bond acceptors (Lipinski definition) is 6. The first-order valence-corrected chi connectivity index (χ1v) is 8.21. The smallest absolute Gasteiger partial charge is 0.202 e. The number of anilines is 2. The highest BCUT2D eigenvalue weighted by Crippen LogP contribution is 2.27. The minimum absolute atomic E-state index is 0.466.